The molecule has 138 valence electrons. The van der Waals surface area contributed by atoms with Gasteiger partial charge in [-0.3, -0.25) is 4.79 Å². The largest absolute Gasteiger partial charge is 0.493 e. The molecule has 0 radical (unpaired) electrons. The Morgan fingerprint density at radius 2 is 2.04 bits per heavy atom. The molecular weight excluding hydrogens is 332 g/mol. The molecule has 2 aromatic rings. The topological polar surface area (TPSA) is 69.2 Å². The summed E-state index contributed by atoms with van der Waals surface area (Å²) < 4.78 is 10.8. The molecule has 6 heteroatoms. The zero-order valence-electron chi connectivity index (χ0n) is 15.5. The van der Waals surface area contributed by atoms with Crippen molar-refractivity contribution in [3.05, 3.63) is 53.6 Å². The summed E-state index contributed by atoms with van der Waals surface area (Å²) in [5.41, 5.74) is 2.57. The van der Waals surface area contributed by atoms with Gasteiger partial charge in [-0.1, -0.05) is 17.3 Å². The molecule has 1 N–H and O–H groups in total. The van der Waals surface area contributed by atoms with Crippen LogP contribution in [0.2, 0.25) is 0 Å². The molecule has 2 aromatic carbocycles. The van der Waals surface area contributed by atoms with E-state index < -0.39 is 6.10 Å². The van der Waals surface area contributed by atoms with Crippen LogP contribution in [0.15, 0.2) is 47.6 Å². The second-order valence-corrected chi connectivity index (χ2v) is 5.68. The van der Waals surface area contributed by atoms with Crippen molar-refractivity contribution < 1.29 is 19.1 Å². The fourth-order valence-electron chi connectivity index (χ4n) is 2.24. The number of carbonyl (C=O) groups excluding carboxylic acids is 1. The molecular formula is C20H24N2O4. The third-order valence-electron chi connectivity index (χ3n) is 3.56. The van der Waals surface area contributed by atoms with E-state index in [4.69, 9.17) is 14.3 Å². The first kappa shape index (κ1) is 19.3. The van der Waals surface area contributed by atoms with E-state index >= 15 is 0 Å². The number of carbonyl (C=O) groups is 1. The number of nitrogens with zero attached hydrogens (tertiary/aromatic N) is 1. The van der Waals surface area contributed by atoms with Crippen molar-refractivity contribution in [3.8, 4) is 11.5 Å². The van der Waals surface area contributed by atoms with Crippen LogP contribution in [-0.2, 0) is 9.63 Å². The number of amides is 1. The number of oxime groups is 1. The zero-order valence-corrected chi connectivity index (χ0v) is 15.5. The maximum Gasteiger partial charge on any atom is 0.267 e. The van der Waals surface area contributed by atoms with E-state index in [1.54, 1.807) is 26.2 Å². The molecule has 0 unspecified atom stereocenters. The number of anilines is 1. The van der Waals surface area contributed by atoms with Gasteiger partial charge in [0.25, 0.3) is 5.91 Å². The monoisotopic (exact) mass is 356 g/mol. The molecule has 6 nitrogen and oxygen atoms in total. The van der Waals surface area contributed by atoms with Gasteiger partial charge in [0, 0.05) is 11.3 Å². The fourth-order valence-corrected chi connectivity index (χ4v) is 2.24. The van der Waals surface area contributed by atoms with Gasteiger partial charge in [0.1, 0.15) is 0 Å². The molecule has 0 aromatic heterocycles. The van der Waals surface area contributed by atoms with Crippen LogP contribution in [0, 0.1) is 6.92 Å². The highest BCUT2D eigenvalue weighted by atomic mass is 16.6. The van der Waals surface area contributed by atoms with Gasteiger partial charge in [-0.05, 0) is 56.7 Å². The summed E-state index contributed by atoms with van der Waals surface area (Å²) in [6, 6.07) is 13.0. The highest BCUT2D eigenvalue weighted by Gasteiger charge is 2.14. The summed E-state index contributed by atoms with van der Waals surface area (Å²) in [5.74, 6) is 1.01. The van der Waals surface area contributed by atoms with Crippen LogP contribution in [0.3, 0.4) is 0 Å². The number of ether oxygens (including phenoxy) is 2. The summed E-state index contributed by atoms with van der Waals surface area (Å²) in [6.45, 7) is 6.07. The standard InChI is InChI=1S/C20H24N2O4/c1-5-25-18-10-9-16(12-19(18)24-4)13-21-26-15(3)20(23)22-17-8-6-7-14(2)11-17/h6-13,15H,5H2,1-4H3,(H,22,23)/b21-13-/t15-/m0/s1. The summed E-state index contributed by atoms with van der Waals surface area (Å²) >= 11 is 0. The Bertz CT molecular complexity index is 774. The maximum absolute atomic E-state index is 12.1. The molecule has 1 atom stereocenters. The van der Waals surface area contributed by atoms with Crippen molar-refractivity contribution in [1.29, 1.82) is 0 Å². The lowest BCUT2D eigenvalue weighted by molar-refractivity contribution is -0.126. The molecule has 0 fully saturated rings. The first-order valence-electron chi connectivity index (χ1n) is 8.41. The van der Waals surface area contributed by atoms with Crippen molar-refractivity contribution in [1.82, 2.24) is 0 Å². The Labute approximate surface area is 153 Å². The van der Waals surface area contributed by atoms with Crippen LogP contribution < -0.4 is 14.8 Å². The van der Waals surface area contributed by atoms with E-state index in [2.05, 4.69) is 10.5 Å². The lowest BCUT2D eigenvalue weighted by Crippen LogP contribution is -2.26. The van der Waals surface area contributed by atoms with Crippen LogP contribution in [-0.4, -0.2) is 31.9 Å². The molecule has 0 saturated heterocycles. The van der Waals surface area contributed by atoms with E-state index in [-0.39, 0.29) is 5.91 Å². The highest BCUT2D eigenvalue weighted by molar-refractivity contribution is 5.94. The number of rotatable bonds is 8. The van der Waals surface area contributed by atoms with Gasteiger partial charge in [-0.15, -0.1) is 0 Å². The van der Waals surface area contributed by atoms with E-state index in [9.17, 15) is 4.79 Å². The van der Waals surface area contributed by atoms with Gasteiger partial charge in [0.2, 0.25) is 6.10 Å². The molecule has 1 amide bonds. The predicted octanol–water partition coefficient (Wildman–Crippen LogP) is 3.78. The van der Waals surface area contributed by atoms with Crippen molar-refractivity contribution in [2.75, 3.05) is 19.0 Å². The Morgan fingerprint density at radius 1 is 1.23 bits per heavy atom. The number of nitrogens with one attached hydrogen (secondary N) is 1. The maximum atomic E-state index is 12.1. The number of methoxy groups -OCH3 is 1. The number of aryl methyl sites for hydroxylation is 1. The third kappa shape index (κ3) is 5.51. The zero-order chi connectivity index (χ0) is 18.9. The fraction of sp³-hybridized carbons (Fsp3) is 0.300. The summed E-state index contributed by atoms with van der Waals surface area (Å²) in [6.07, 6.45) is 0.797. The minimum Gasteiger partial charge on any atom is -0.493 e. The van der Waals surface area contributed by atoms with E-state index in [1.807, 2.05) is 44.2 Å². The Morgan fingerprint density at radius 3 is 2.73 bits per heavy atom. The molecule has 0 aliphatic heterocycles. The molecule has 0 bridgehead atoms. The Hall–Kier alpha value is -3.02. The average molecular weight is 356 g/mol. The summed E-state index contributed by atoms with van der Waals surface area (Å²) in [5, 5.41) is 6.69. The lowest BCUT2D eigenvalue weighted by Gasteiger charge is -2.11. The second-order valence-electron chi connectivity index (χ2n) is 5.68. The molecule has 0 aliphatic carbocycles. The number of hydrogen-bond donors (Lipinski definition) is 1. The van der Waals surface area contributed by atoms with Crippen LogP contribution in [0.4, 0.5) is 5.69 Å². The van der Waals surface area contributed by atoms with Crippen molar-refractivity contribution in [2.24, 2.45) is 5.16 Å². The molecule has 0 heterocycles. The molecule has 0 saturated carbocycles. The SMILES string of the molecule is CCOc1ccc(/C=N\O[C@@H](C)C(=O)Nc2cccc(C)c2)cc1OC. The predicted molar refractivity (Wildman–Crippen MR) is 102 cm³/mol. The Kier molecular flexibility index (Phi) is 7.02. The van der Waals surface area contributed by atoms with Gasteiger partial charge in [0.05, 0.1) is 19.9 Å². The summed E-state index contributed by atoms with van der Waals surface area (Å²) in [4.78, 5) is 17.4. The van der Waals surface area contributed by atoms with Crippen molar-refractivity contribution in [2.45, 2.75) is 26.9 Å². The number of hydrogen-bond acceptors (Lipinski definition) is 5. The third-order valence-corrected chi connectivity index (χ3v) is 3.56. The van der Waals surface area contributed by atoms with E-state index in [0.717, 1.165) is 16.8 Å². The first-order chi connectivity index (χ1) is 12.5. The molecule has 26 heavy (non-hydrogen) atoms. The van der Waals surface area contributed by atoms with Crippen molar-refractivity contribution in [3.63, 3.8) is 0 Å². The minimum absolute atomic E-state index is 0.267. The van der Waals surface area contributed by atoms with Gasteiger partial charge < -0.3 is 19.6 Å². The smallest absolute Gasteiger partial charge is 0.267 e. The highest BCUT2D eigenvalue weighted by Crippen LogP contribution is 2.27. The average Bonchev–Trinajstić information content (AvgIpc) is 2.62. The number of benzene rings is 2. The first-order valence-corrected chi connectivity index (χ1v) is 8.41. The van der Waals surface area contributed by atoms with Crippen molar-refractivity contribution >= 4 is 17.8 Å². The van der Waals surface area contributed by atoms with Crippen LogP contribution in [0.25, 0.3) is 0 Å². The van der Waals surface area contributed by atoms with E-state index in [1.165, 1.54) is 6.21 Å². The van der Waals surface area contributed by atoms with Crippen LogP contribution in [0.5, 0.6) is 11.5 Å². The van der Waals surface area contributed by atoms with Gasteiger partial charge in [-0.25, -0.2) is 0 Å². The second kappa shape index (κ2) is 9.46. The van der Waals surface area contributed by atoms with Gasteiger partial charge in [-0.2, -0.15) is 0 Å². The van der Waals surface area contributed by atoms with Crippen LogP contribution >= 0.6 is 0 Å². The van der Waals surface area contributed by atoms with Crippen LogP contribution in [0.1, 0.15) is 25.0 Å². The molecule has 2 rings (SSSR count). The Balaban J connectivity index is 1.93. The molecule has 0 spiro atoms. The van der Waals surface area contributed by atoms with E-state index in [0.29, 0.717) is 18.1 Å². The quantitative estimate of drug-likeness (QED) is 0.577. The lowest BCUT2D eigenvalue weighted by atomic mass is 10.2. The minimum atomic E-state index is -0.726. The van der Waals surface area contributed by atoms with Gasteiger partial charge >= 0.3 is 0 Å². The normalized spacial score (nSPS) is 11.8. The summed E-state index contributed by atoms with van der Waals surface area (Å²) in [7, 11) is 1.58. The van der Waals surface area contributed by atoms with Gasteiger partial charge in [0.15, 0.2) is 11.5 Å². The molecule has 0 aliphatic rings.